The highest BCUT2D eigenvalue weighted by Crippen LogP contribution is 2.37. The van der Waals surface area contributed by atoms with Gasteiger partial charge in [0.2, 0.25) is 5.89 Å². The van der Waals surface area contributed by atoms with E-state index in [9.17, 15) is 0 Å². The first-order valence-corrected chi connectivity index (χ1v) is 18.3. The van der Waals surface area contributed by atoms with Gasteiger partial charge in [-0.25, -0.2) is 19.9 Å². The van der Waals surface area contributed by atoms with Crippen molar-refractivity contribution in [1.82, 2.24) is 29.5 Å². The molecule has 10 aromatic rings. The monoisotopic (exact) mass is 710 g/mol. The molecule has 0 saturated heterocycles. The summed E-state index contributed by atoms with van der Waals surface area (Å²) in [6.45, 7) is 0. The summed E-state index contributed by atoms with van der Waals surface area (Å²) < 4.78 is 14.7. The first kappa shape index (κ1) is 31.1. The number of fused-ring (bicyclic) bond motifs is 5. The van der Waals surface area contributed by atoms with Gasteiger partial charge in [-0.05, 0) is 84.6 Å². The molecule has 8 nitrogen and oxygen atoms in total. The topological polar surface area (TPSA) is 95.7 Å². The molecule has 6 aromatic carbocycles. The van der Waals surface area contributed by atoms with E-state index in [2.05, 4.69) is 71.3 Å². The summed E-state index contributed by atoms with van der Waals surface area (Å²) in [5.74, 6) is 2.42. The average Bonchev–Trinajstić information content (AvgIpc) is 3.97. The quantitative estimate of drug-likeness (QED) is 0.169. The minimum Gasteiger partial charge on any atom is -0.436 e. The first-order valence-electron chi connectivity index (χ1n) is 18.3. The Morgan fingerprint density at radius 1 is 0.455 bits per heavy atom. The van der Waals surface area contributed by atoms with Crippen molar-refractivity contribution in [3.63, 3.8) is 0 Å². The molecule has 1 aliphatic rings. The minimum atomic E-state index is 0.543. The maximum atomic E-state index is 6.35. The van der Waals surface area contributed by atoms with Gasteiger partial charge in [0.1, 0.15) is 11.0 Å². The molecule has 0 radical (unpaired) electrons. The first-order chi connectivity index (χ1) is 27.2. The Bertz CT molecular complexity index is 3140. The van der Waals surface area contributed by atoms with Gasteiger partial charge in [0, 0.05) is 33.0 Å². The van der Waals surface area contributed by atoms with Crippen LogP contribution in [0.25, 0.3) is 101 Å². The highest BCUT2D eigenvalue weighted by atomic mass is 16.4. The zero-order valence-electron chi connectivity index (χ0n) is 29.4. The van der Waals surface area contributed by atoms with Crippen molar-refractivity contribution in [3.8, 4) is 51.4 Å². The maximum Gasteiger partial charge on any atom is 0.307 e. The molecule has 0 amide bonds. The molecule has 0 bridgehead atoms. The lowest BCUT2D eigenvalue weighted by atomic mass is 10.0. The van der Waals surface area contributed by atoms with Gasteiger partial charge >= 0.3 is 6.01 Å². The van der Waals surface area contributed by atoms with Crippen LogP contribution >= 0.6 is 0 Å². The van der Waals surface area contributed by atoms with Crippen LogP contribution in [0.15, 0.2) is 167 Å². The summed E-state index contributed by atoms with van der Waals surface area (Å²) >= 11 is 0. The predicted molar refractivity (Wildman–Crippen MR) is 217 cm³/mol. The number of nitrogens with zero attached hydrogens (tertiary/aromatic N) is 6. The fourth-order valence-electron chi connectivity index (χ4n) is 7.47. The van der Waals surface area contributed by atoms with Crippen LogP contribution in [0.3, 0.4) is 0 Å². The molecule has 0 aliphatic heterocycles. The Kier molecular flexibility index (Phi) is 7.13. The molecule has 0 fully saturated rings. The van der Waals surface area contributed by atoms with Gasteiger partial charge in [-0.2, -0.15) is 4.98 Å². The molecule has 0 N–H and O–H groups in total. The second kappa shape index (κ2) is 12.6. The lowest BCUT2D eigenvalue weighted by Gasteiger charge is -2.10. The van der Waals surface area contributed by atoms with Crippen LogP contribution in [-0.4, -0.2) is 29.5 Å². The third-order valence-electron chi connectivity index (χ3n) is 10.2. The molecule has 11 rings (SSSR count). The number of hydrogen-bond donors (Lipinski definition) is 0. The van der Waals surface area contributed by atoms with E-state index in [4.69, 9.17) is 33.8 Å². The zero-order valence-corrected chi connectivity index (χ0v) is 29.4. The van der Waals surface area contributed by atoms with Crippen LogP contribution in [0.1, 0.15) is 18.7 Å². The number of hydrogen-bond acceptors (Lipinski definition) is 7. The number of allylic oxidation sites excluding steroid dienone is 4. The minimum absolute atomic E-state index is 0.543. The van der Waals surface area contributed by atoms with E-state index in [-0.39, 0.29) is 0 Å². The summed E-state index contributed by atoms with van der Waals surface area (Å²) in [6, 6.07) is 47.5. The van der Waals surface area contributed by atoms with Crippen LogP contribution in [0, 0.1) is 0 Å². The van der Waals surface area contributed by atoms with Gasteiger partial charge in [0.25, 0.3) is 0 Å². The largest absolute Gasteiger partial charge is 0.436 e. The normalized spacial score (nSPS) is 13.0. The van der Waals surface area contributed by atoms with E-state index in [1.807, 2.05) is 91.0 Å². The maximum absolute atomic E-state index is 6.35. The summed E-state index contributed by atoms with van der Waals surface area (Å²) in [5.41, 5.74) is 10.9. The van der Waals surface area contributed by atoms with Crippen LogP contribution in [0.5, 0.6) is 0 Å². The van der Waals surface area contributed by atoms with Crippen LogP contribution in [-0.2, 0) is 0 Å². The number of benzene rings is 6. The molecular weight excluding hydrogens is 681 g/mol. The van der Waals surface area contributed by atoms with Crippen LogP contribution < -0.4 is 0 Å². The molecule has 0 saturated carbocycles. The summed E-state index contributed by atoms with van der Waals surface area (Å²) in [6.07, 6.45) is 8.42. The standard InChI is InChI=1S/C47H30N6O2/c1-3-12-29(13-4-1)43-50-44(30-14-5-2-6-15-30)52-45(51-43)33-23-25-42-38(28-33)48-46(54-42)34-17-11-16-31(26-34)32-22-24-40-36(27-32)35-18-7-9-20-39(35)53(40)47-49-37-19-8-10-21-41(37)55-47/h1,3-5,7-28H,2,6H2. The van der Waals surface area contributed by atoms with Crippen molar-refractivity contribution in [3.05, 3.63) is 164 Å². The number of rotatable bonds is 6. The van der Waals surface area contributed by atoms with Crippen molar-refractivity contribution in [1.29, 1.82) is 0 Å². The Balaban J connectivity index is 0.962. The molecule has 0 atom stereocenters. The predicted octanol–water partition coefficient (Wildman–Crippen LogP) is 11.7. The Morgan fingerprint density at radius 2 is 1.18 bits per heavy atom. The fraction of sp³-hybridized carbons (Fsp3) is 0.0426. The summed E-state index contributed by atoms with van der Waals surface area (Å²) in [7, 11) is 0. The Labute approximate surface area is 314 Å². The molecule has 260 valence electrons. The average molecular weight is 711 g/mol. The second-order valence-electron chi connectivity index (χ2n) is 13.6. The number of para-hydroxylation sites is 3. The van der Waals surface area contributed by atoms with Crippen molar-refractivity contribution in [2.75, 3.05) is 0 Å². The summed E-state index contributed by atoms with van der Waals surface area (Å²) in [5, 5.41) is 2.24. The van der Waals surface area contributed by atoms with Crippen molar-refractivity contribution >= 4 is 49.6 Å². The van der Waals surface area contributed by atoms with Gasteiger partial charge in [0.15, 0.2) is 28.6 Å². The molecule has 1 aliphatic carbocycles. The van der Waals surface area contributed by atoms with Crippen LogP contribution in [0.4, 0.5) is 0 Å². The third kappa shape index (κ3) is 5.42. The fourth-order valence-corrected chi connectivity index (χ4v) is 7.47. The second-order valence-corrected chi connectivity index (χ2v) is 13.6. The van der Waals surface area contributed by atoms with E-state index < -0.39 is 0 Å². The molecular formula is C47H30N6O2. The number of aromatic nitrogens is 6. The van der Waals surface area contributed by atoms with Gasteiger partial charge in [-0.3, -0.25) is 4.57 Å². The molecule has 0 spiro atoms. The number of oxazole rings is 2. The Hall–Kier alpha value is -7.45. The lowest BCUT2D eigenvalue weighted by Crippen LogP contribution is -2.03. The van der Waals surface area contributed by atoms with Crippen molar-refractivity contribution < 1.29 is 8.83 Å². The highest BCUT2D eigenvalue weighted by molar-refractivity contribution is 6.10. The molecule has 8 heteroatoms. The van der Waals surface area contributed by atoms with E-state index in [0.717, 1.165) is 84.7 Å². The molecule has 4 aromatic heterocycles. The van der Waals surface area contributed by atoms with Gasteiger partial charge in [-0.1, -0.05) is 97.1 Å². The van der Waals surface area contributed by atoms with Gasteiger partial charge in [-0.15, -0.1) is 0 Å². The van der Waals surface area contributed by atoms with Crippen LogP contribution in [0.2, 0.25) is 0 Å². The molecule has 55 heavy (non-hydrogen) atoms. The smallest absolute Gasteiger partial charge is 0.307 e. The van der Waals surface area contributed by atoms with Gasteiger partial charge < -0.3 is 8.83 Å². The van der Waals surface area contributed by atoms with E-state index in [0.29, 0.717) is 35.0 Å². The lowest BCUT2D eigenvalue weighted by molar-refractivity contribution is 0.574. The van der Waals surface area contributed by atoms with Crippen molar-refractivity contribution in [2.45, 2.75) is 12.8 Å². The molecule has 4 heterocycles. The Morgan fingerprint density at radius 3 is 2.07 bits per heavy atom. The van der Waals surface area contributed by atoms with Crippen molar-refractivity contribution in [2.24, 2.45) is 0 Å². The third-order valence-corrected chi connectivity index (χ3v) is 10.2. The summed E-state index contributed by atoms with van der Waals surface area (Å²) in [4.78, 5) is 24.5. The van der Waals surface area contributed by atoms with E-state index in [1.165, 1.54) is 0 Å². The highest BCUT2D eigenvalue weighted by Gasteiger charge is 2.19. The SMILES string of the molecule is C1=CC(c2nc(-c3ccccc3)nc(-c3ccc4oc(-c5cccc(-c6ccc7c(c6)c6ccccc6n7-c6nc7ccccc7o6)c5)nc4c3)n2)=CCC1. The van der Waals surface area contributed by atoms with E-state index >= 15 is 0 Å². The molecule has 0 unspecified atom stereocenters. The van der Waals surface area contributed by atoms with Gasteiger partial charge in [0.05, 0.1) is 11.0 Å². The van der Waals surface area contributed by atoms with E-state index in [1.54, 1.807) is 0 Å². The zero-order chi connectivity index (χ0) is 36.3.